The number of aryl methyl sites for hydroxylation is 1. The summed E-state index contributed by atoms with van der Waals surface area (Å²) in [6.45, 7) is 10.2. The highest BCUT2D eigenvalue weighted by Gasteiger charge is 2.34. The molecule has 0 saturated heterocycles. The van der Waals surface area contributed by atoms with E-state index in [9.17, 15) is 13.2 Å². The fourth-order valence-corrected chi connectivity index (χ4v) is 5.54. The van der Waals surface area contributed by atoms with Crippen LogP contribution in [-0.2, 0) is 10.0 Å². The highest BCUT2D eigenvalue weighted by Crippen LogP contribution is 2.44. The maximum absolute atomic E-state index is 13.0. The first kappa shape index (κ1) is 20.4. The molecule has 0 fully saturated rings. The van der Waals surface area contributed by atoms with Crippen LogP contribution in [0.3, 0.4) is 0 Å². The molecule has 1 amide bonds. The van der Waals surface area contributed by atoms with Crippen molar-refractivity contribution >= 4 is 21.6 Å². The van der Waals surface area contributed by atoms with E-state index >= 15 is 0 Å². The first-order valence-corrected chi connectivity index (χ1v) is 11.0. The molecule has 28 heavy (non-hydrogen) atoms. The van der Waals surface area contributed by atoms with Gasteiger partial charge >= 0.3 is 0 Å². The first-order chi connectivity index (χ1) is 13.1. The normalized spacial score (nSPS) is 15.0. The largest absolute Gasteiger partial charge is 0.349 e. The van der Waals surface area contributed by atoms with Crippen molar-refractivity contribution in [2.75, 3.05) is 11.4 Å². The molecule has 0 aromatic heterocycles. The lowest BCUT2D eigenvalue weighted by atomic mass is 9.92. The van der Waals surface area contributed by atoms with E-state index in [2.05, 4.69) is 33.0 Å². The predicted octanol–water partition coefficient (Wildman–Crippen LogP) is 4.21. The van der Waals surface area contributed by atoms with Gasteiger partial charge in [-0.2, -0.15) is 0 Å². The van der Waals surface area contributed by atoms with Gasteiger partial charge in [-0.05, 0) is 42.5 Å². The number of carbonyl (C=O) groups is 1. The van der Waals surface area contributed by atoms with E-state index in [0.29, 0.717) is 28.7 Å². The summed E-state index contributed by atoms with van der Waals surface area (Å²) in [5.41, 5.74) is 3.33. The van der Waals surface area contributed by atoms with Gasteiger partial charge in [-0.15, -0.1) is 0 Å². The highest BCUT2D eigenvalue weighted by atomic mass is 32.2. The van der Waals surface area contributed by atoms with Crippen LogP contribution in [0, 0.1) is 18.8 Å². The van der Waals surface area contributed by atoms with Gasteiger partial charge in [0, 0.05) is 29.8 Å². The Kier molecular flexibility index (Phi) is 5.28. The zero-order valence-corrected chi connectivity index (χ0v) is 18.1. The van der Waals surface area contributed by atoms with Crippen LogP contribution in [0.5, 0.6) is 0 Å². The average Bonchev–Trinajstić information content (AvgIpc) is 2.63. The molecule has 0 radical (unpaired) electrons. The van der Waals surface area contributed by atoms with Crippen LogP contribution >= 0.6 is 0 Å². The molecule has 5 nitrogen and oxygen atoms in total. The summed E-state index contributed by atoms with van der Waals surface area (Å²) < 4.78 is 27.1. The van der Waals surface area contributed by atoms with Gasteiger partial charge in [-0.1, -0.05) is 45.9 Å². The summed E-state index contributed by atoms with van der Waals surface area (Å²) in [4.78, 5) is 13.2. The molecule has 0 atom stereocenters. The summed E-state index contributed by atoms with van der Waals surface area (Å²) >= 11 is 0. The molecule has 0 unspecified atom stereocenters. The van der Waals surface area contributed by atoms with Crippen molar-refractivity contribution in [1.29, 1.82) is 0 Å². The SMILES string of the molecule is Cc1cc(C(=O)NC(C(C)C)C(C)C)cc2c1N(C)S(=O)(=O)c1ccccc1-2. The zero-order valence-electron chi connectivity index (χ0n) is 17.3. The van der Waals surface area contributed by atoms with E-state index in [4.69, 9.17) is 0 Å². The molecule has 0 saturated carbocycles. The molecular weight excluding hydrogens is 372 g/mol. The second-order valence-corrected chi connectivity index (χ2v) is 10.1. The monoisotopic (exact) mass is 400 g/mol. The summed E-state index contributed by atoms with van der Waals surface area (Å²) in [6, 6.07) is 10.6. The molecule has 2 aromatic rings. The van der Waals surface area contributed by atoms with Crippen LogP contribution in [0.25, 0.3) is 11.1 Å². The molecule has 0 aliphatic carbocycles. The van der Waals surface area contributed by atoms with Crippen LogP contribution in [0.15, 0.2) is 41.3 Å². The number of hydrogen-bond acceptors (Lipinski definition) is 3. The zero-order chi connectivity index (χ0) is 20.8. The Morgan fingerprint density at radius 3 is 2.21 bits per heavy atom. The maximum Gasteiger partial charge on any atom is 0.264 e. The maximum atomic E-state index is 13.0. The van der Waals surface area contributed by atoms with E-state index < -0.39 is 10.0 Å². The fourth-order valence-electron chi connectivity index (χ4n) is 4.05. The van der Waals surface area contributed by atoms with Gasteiger partial charge in [0.05, 0.1) is 10.6 Å². The van der Waals surface area contributed by atoms with Crippen molar-refractivity contribution in [2.45, 2.75) is 45.6 Å². The van der Waals surface area contributed by atoms with Crippen molar-refractivity contribution in [1.82, 2.24) is 5.32 Å². The molecule has 1 aliphatic heterocycles. The van der Waals surface area contributed by atoms with Crippen molar-refractivity contribution in [3.63, 3.8) is 0 Å². The topological polar surface area (TPSA) is 66.5 Å². The standard InChI is InChI=1S/C22H28N2O3S/c1-13(2)20(14(3)4)23-22(25)16-11-15(5)21-18(12-16)17-9-7-8-10-19(17)28(26,27)24(21)6/h7-14,20H,1-6H3,(H,23,25). The second kappa shape index (κ2) is 7.24. The number of anilines is 1. The van der Waals surface area contributed by atoms with E-state index in [1.54, 1.807) is 37.4 Å². The lowest BCUT2D eigenvalue weighted by Gasteiger charge is -2.31. The number of fused-ring (bicyclic) bond motifs is 3. The Labute approximate surface area is 167 Å². The number of nitrogens with one attached hydrogen (secondary N) is 1. The van der Waals surface area contributed by atoms with Crippen molar-refractivity contribution in [2.24, 2.45) is 11.8 Å². The Morgan fingerprint density at radius 1 is 1.00 bits per heavy atom. The van der Waals surface area contributed by atoms with Crippen LogP contribution in [0.4, 0.5) is 5.69 Å². The molecule has 6 heteroatoms. The Bertz CT molecular complexity index is 1020. The molecule has 3 rings (SSSR count). The lowest BCUT2D eigenvalue weighted by molar-refractivity contribution is 0.0910. The highest BCUT2D eigenvalue weighted by molar-refractivity contribution is 7.93. The molecule has 0 spiro atoms. The molecule has 0 bridgehead atoms. The van der Waals surface area contributed by atoms with Crippen LogP contribution in [-0.4, -0.2) is 27.4 Å². The summed E-state index contributed by atoms with van der Waals surface area (Å²) in [7, 11) is -2.04. The van der Waals surface area contributed by atoms with Crippen LogP contribution in [0.1, 0.15) is 43.6 Å². The van der Waals surface area contributed by atoms with Gasteiger partial charge in [0.2, 0.25) is 0 Å². The van der Waals surface area contributed by atoms with E-state index in [0.717, 1.165) is 11.1 Å². The van der Waals surface area contributed by atoms with Crippen molar-refractivity contribution < 1.29 is 13.2 Å². The molecule has 1 heterocycles. The number of hydrogen-bond donors (Lipinski definition) is 1. The van der Waals surface area contributed by atoms with Gasteiger partial charge in [0.25, 0.3) is 15.9 Å². The number of carbonyl (C=O) groups excluding carboxylic acids is 1. The third-order valence-electron chi connectivity index (χ3n) is 5.43. The summed E-state index contributed by atoms with van der Waals surface area (Å²) in [6.07, 6.45) is 0. The number of amides is 1. The minimum absolute atomic E-state index is 0.0687. The minimum atomic E-state index is -3.60. The van der Waals surface area contributed by atoms with Crippen molar-refractivity contribution in [3.8, 4) is 11.1 Å². The summed E-state index contributed by atoms with van der Waals surface area (Å²) in [5, 5.41) is 3.15. The number of benzene rings is 2. The fraction of sp³-hybridized carbons (Fsp3) is 0.409. The minimum Gasteiger partial charge on any atom is -0.349 e. The Balaban J connectivity index is 2.12. The van der Waals surface area contributed by atoms with Gasteiger partial charge in [-0.25, -0.2) is 8.42 Å². The Hall–Kier alpha value is -2.34. The Morgan fingerprint density at radius 2 is 1.61 bits per heavy atom. The van der Waals surface area contributed by atoms with E-state index in [-0.39, 0.29) is 16.8 Å². The number of nitrogens with zero attached hydrogens (tertiary/aromatic N) is 1. The molecule has 1 N–H and O–H groups in total. The van der Waals surface area contributed by atoms with Gasteiger partial charge in [-0.3, -0.25) is 9.10 Å². The van der Waals surface area contributed by atoms with Gasteiger partial charge < -0.3 is 5.32 Å². The van der Waals surface area contributed by atoms with E-state index in [1.807, 2.05) is 13.0 Å². The van der Waals surface area contributed by atoms with Gasteiger partial charge in [0.1, 0.15) is 0 Å². The molecule has 2 aromatic carbocycles. The van der Waals surface area contributed by atoms with Crippen LogP contribution < -0.4 is 9.62 Å². The smallest absolute Gasteiger partial charge is 0.264 e. The van der Waals surface area contributed by atoms with Gasteiger partial charge in [0.15, 0.2) is 0 Å². The summed E-state index contributed by atoms with van der Waals surface area (Å²) in [5.74, 6) is 0.506. The number of sulfonamides is 1. The second-order valence-electron chi connectivity index (χ2n) is 8.15. The molecule has 150 valence electrons. The average molecular weight is 401 g/mol. The quantitative estimate of drug-likeness (QED) is 0.836. The van der Waals surface area contributed by atoms with Crippen molar-refractivity contribution in [3.05, 3.63) is 47.5 Å². The third-order valence-corrected chi connectivity index (χ3v) is 7.24. The molecular formula is C22H28N2O3S. The predicted molar refractivity (Wildman–Crippen MR) is 113 cm³/mol. The van der Waals surface area contributed by atoms with E-state index in [1.165, 1.54) is 4.31 Å². The molecule has 1 aliphatic rings. The number of rotatable bonds is 4. The third kappa shape index (κ3) is 3.30. The van der Waals surface area contributed by atoms with Crippen LogP contribution in [0.2, 0.25) is 0 Å². The lowest BCUT2D eigenvalue weighted by Crippen LogP contribution is -2.42. The first-order valence-electron chi connectivity index (χ1n) is 9.59.